The van der Waals surface area contributed by atoms with Gasteiger partial charge in [0.2, 0.25) is 10.0 Å². The van der Waals surface area contributed by atoms with Crippen LogP contribution in [0.1, 0.15) is 12.8 Å². The number of rotatable bonds is 5. The molecule has 7 nitrogen and oxygen atoms in total. The van der Waals surface area contributed by atoms with Crippen molar-refractivity contribution in [2.75, 3.05) is 56.2 Å². The number of anilines is 2. The number of methoxy groups -OCH3 is 1. The van der Waals surface area contributed by atoms with Crippen molar-refractivity contribution in [3.05, 3.63) is 42.3 Å². The maximum atomic E-state index is 14.0. The first-order valence-electron chi connectivity index (χ1n) is 9.79. The van der Waals surface area contributed by atoms with E-state index in [2.05, 4.69) is 14.8 Å². The maximum Gasteiger partial charge on any atom is 0.244 e. The van der Waals surface area contributed by atoms with Crippen LogP contribution in [0.4, 0.5) is 15.9 Å². The average Bonchev–Trinajstić information content (AvgIpc) is 3.30. The Morgan fingerprint density at radius 3 is 2.24 bits per heavy atom. The van der Waals surface area contributed by atoms with E-state index >= 15 is 0 Å². The lowest BCUT2D eigenvalue weighted by Gasteiger charge is -2.36. The fraction of sp³-hybridized carbons (Fsp3) is 0.450. The number of aromatic nitrogens is 1. The number of benzene rings is 1. The summed E-state index contributed by atoms with van der Waals surface area (Å²) in [5.74, 6) is 0.621. The van der Waals surface area contributed by atoms with E-state index in [-0.39, 0.29) is 16.5 Å². The number of nitrogens with zero attached hydrogens (tertiary/aromatic N) is 4. The first-order chi connectivity index (χ1) is 14.0. The van der Waals surface area contributed by atoms with Crippen LogP contribution in [0.25, 0.3) is 0 Å². The first-order valence-corrected chi connectivity index (χ1v) is 11.2. The minimum Gasteiger partial charge on any atom is -0.494 e. The molecule has 4 rings (SSSR count). The predicted molar refractivity (Wildman–Crippen MR) is 110 cm³/mol. The molecule has 0 spiro atoms. The number of halogens is 1. The standard InChI is InChI=1S/C20H25FN4O3S/c1-28-19-6-4-16(14-18(19)21)23-10-12-24(13-11-23)20-7-5-17(15-22-20)29(26,27)25-8-2-3-9-25/h4-7,14-15H,2-3,8-13H2,1H3. The van der Waals surface area contributed by atoms with Gasteiger partial charge < -0.3 is 14.5 Å². The second-order valence-corrected chi connectivity index (χ2v) is 9.19. The maximum absolute atomic E-state index is 14.0. The molecule has 156 valence electrons. The van der Waals surface area contributed by atoms with Crippen molar-refractivity contribution in [1.29, 1.82) is 0 Å². The largest absolute Gasteiger partial charge is 0.494 e. The highest BCUT2D eigenvalue weighted by Crippen LogP contribution is 2.26. The van der Waals surface area contributed by atoms with Crippen LogP contribution < -0.4 is 14.5 Å². The highest BCUT2D eigenvalue weighted by Gasteiger charge is 2.28. The topological polar surface area (TPSA) is 66.0 Å². The molecule has 9 heteroatoms. The van der Waals surface area contributed by atoms with Crippen molar-refractivity contribution in [2.45, 2.75) is 17.7 Å². The Bertz CT molecular complexity index is 954. The molecule has 0 radical (unpaired) electrons. The number of sulfonamides is 1. The third-order valence-electron chi connectivity index (χ3n) is 5.53. The van der Waals surface area contributed by atoms with Gasteiger partial charge in [-0.2, -0.15) is 4.31 Å². The minimum absolute atomic E-state index is 0.237. The Morgan fingerprint density at radius 2 is 1.66 bits per heavy atom. The molecule has 3 heterocycles. The summed E-state index contributed by atoms with van der Waals surface area (Å²) >= 11 is 0. The van der Waals surface area contributed by atoms with Gasteiger partial charge in [0.15, 0.2) is 11.6 Å². The summed E-state index contributed by atoms with van der Waals surface area (Å²) in [5.41, 5.74) is 0.822. The molecule has 0 amide bonds. The van der Waals surface area contributed by atoms with Gasteiger partial charge in [0.1, 0.15) is 10.7 Å². The zero-order chi connectivity index (χ0) is 20.4. The molecule has 1 aromatic heterocycles. The zero-order valence-electron chi connectivity index (χ0n) is 16.4. The first kappa shape index (κ1) is 19.9. The Hall–Kier alpha value is -2.39. The fourth-order valence-electron chi connectivity index (χ4n) is 3.84. The quantitative estimate of drug-likeness (QED) is 0.740. The summed E-state index contributed by atoms with van der Waals surface area (Å²) in [6.07, 6.45) is 3.27. The predicted octanol–water partition coefficient (Wildman–Crippen LogP) is 2.34. The molecule has 2 aliphatic rings. The molecular weight excluding hydrogens is 395 g/mol. The zero-order valence-corrected chi connectivity index (χ0v) is 17.2. The summed E-state index contributed by atoms with van der Waals surface area (Å²) in [4.78, 5) is 8.88. The van der Waals surface area contributed by atoms with Crippen molar-refractivity contribution in [3.63, 3.8) is 0 Å². The number of piperazine rings is 1. The fourth-order valence-corrected chi connectivity index (χ4v) is 5.30. The van der Waals surface area contributed by atoms with E-state index in [1.54, 1.807) is 18.2 Å². The molecule has 29 heavy (non-hydrogen) atoms. The number of ether oxygens (including phenoxy) is 1. The van der Waals surface area contributed by atoms with Crippen LogP contribution >= 0.6 is 0 Å². The third kappa shape index (κ3) is 4.02. The molecule has 1 aromatic carbocycles. The minimum atomic E-state index is -3.44. The normalized spacial score (nSPS) is 18.3. The summed E-state index contributed by atoms with van der Waals surface area (Å²) in [7, 11) is -1.99. The van der Waals surface area contributed by atoms with Gasteiger partial charge in [0.25, 0.3) is 0 Å². The van der Waals surface area contributed by atoms with Gasteiger partial charge >= 0.3 is 0 Å². The smallest absolute Gasteiger partial charge is 0.244 e. The second kappa shape index (κ2) is 8.16. The molecule has 2 aliphatic heterocycles. The van der Waals surface area contributed by atoms with Gasteiger partial charge in [-0.1, -0.05) is 0 Å². The van der Waals surface area contributed by atoms with Crippen LogP contribution in [0.15, 0.2) is 41.4 Å². The van der Waals surface area contributed by atoms with E-state index in [9.17, 15) is 12.8 Å². The Balaban J connectivity index is 1.40. The van der Waals surface area contributed by atoms with E-state index in [1.807, 2.05) is 6.07 Å². The molecule has 0 bridgehead atoms. The van der Waals surface area contributed by atoms with Crippen molar-refractivity contribution in [3.8, 4) is 5.75 Å². The lowest BCUT2D eigenvalue weighted by Crippen LogP contribution is -2.46. The van der Waals surface area contributed by atoms with Crippen molar-refractivity contribution < 1.29 is 17.5 Å². The van der Waals surface area contributed by atoms with Crippen molar-refractivity contribution in [2.24, 2.45) is 0 Å². The van der Waals surface area contributed by atoms with Gasteiger partial charge in [0, 0.05) is 57.2 Å². The molecule has 0 unspecified atom stereocenters. The van der Waals surface area contributed by atoms with Crippen molar-refractivity contribution in [1.82, 2.24) is 9.29 Å². The summed E-state index contributed by atoms with van der Waals surface area (Å²) in [6.45, 7) is 4.05. The molecule has 2 fully saturated rings. The van der Waals surface area contributed by atoms with Crippen LogP contribution in [0, 0.1) is 5.82 Å². The molecule has 2 saturated heterocycles. The van der Waals surface area contributed by atoms with E-state index in [0.717, 1.165) is 50.5 Å². The molecule has 2 aromatic rings. The molecule has 0 atom stereocenters. The van der Waals surface area contributed by atoms with E-state index < -0.39 is 10.0 Å². The summed E-state index contributed by atoms with van der Waals surface area (Å²) in [6, 6.07) is 8.39. The molecule has 0 saturated carbocycles. The monoisotopic (exact) mass is 420 g/mol. The van der Waals surface area contributed by atoms with Crippen molar-refractivity contribution >= 4 is 21.5 Å². The van der Waals surface area contributed by atoms with Gasteiger partial charge in [-0.25, -0.2) is 17.8 Å². The SMILES string of the molecule is COc1ccc(N2CCN(c3ccc(S(=O)(=O)N4CCCC4)cn3)CC2)cc1F. The molecular formula is C20H25FN4O3S. The third-order valence-corrected chi connectivity index (χ3v) is 7.41. The van der Waals surface area contributed by atoms with E-state index in [1.165, 1.54) is 23.7 Å². The van der Waals surface area contributed by atoms with Crippen LogP contribution in [0.2, 0.25) is 0 Å². The van der Waals surface area contributed by atoms with E-state index in [0.29, 0.717) is 13.1 Å². The lowest BCUT2D eigenvalue weighted by atomic mass is 10.2. The lowest BCUT2D eigenvalue weighted by molar-refractivity contribution is 0.386. The average molecular weight is 421 g/mol. The summed E-state index contributed by atoms with van der Waals surface area (Å²) in [5, 5.41) is 0. The van der Waals surface area contributed by atoms with Crippen LogP contribution in [0.5, 0.6) is 5.75 Å². The Morgan fingerprint density at radius 1 is 0.966 bits per heavy atom. The Kier molecular flexibility index (Phi) is 5.60. The van der Waals surface area contributed by atoms with Gasteiger partial charge in [-0.15, -0.1) is 0 Å². The molecule has 0 aliphatic carbocycles. The highest BCUT2D eigenvalue weighted by molar-refractivity contribution is 7.89. The van der Waals surface area contributed by atoms with Gasteiger partial charge in [-0.3, -0.25) is 0 Å². The Labute approximate surface area is 170 Å². The number of hydrogen-bond donors (Lipinski definition) is 0. The second-order valence-electron chi connectivity index (χ2n) is 7.26. The van der Waals surface area contributed by atoms with Gasteiger partial charge in [0.05, 0.1) is 7.11 Å². The number of hydrogen-bond acceptors (Lipinski definition) is 6. The highest BCUT2D eigenvalue weighted by atomic mass is 32.2. The van der Waals surface area contributed by atoms with Crippen LogP contribution in [0.3, 0.4) is 0 Å². The molecule has 0 N–H and O–H groups in total. The van der Waals surface area contributed by atoms with Crippen LogP contribution in [-0.2, 0) is 10.0 Å². The van der Waals surface area contributed by atoms with Crippen LogP contribution in [-0.4, -0.2) is 64.1 Å². The summed E-state index contributed by atoms with van der Waals surface area (Å²) < 4.78 is 45.7. The van der Waals surface area contributed by atoms with E-state index in [4.69, 9.17) is 4.74 Å². The van der Waals surface area contributed by atoms with Gasteiger partial charge in [-0.05, 0) is 37.1 Å². The number of pyridine rings is 1.